The van der Waals surface area contributed by atoms with Gasteiger partial charge in [0.1, 0.15) is 17.2 Å². The zero-order valence-corrected chi connectivity index (χ0v) is 21.7. The van der Waals surface area contributed by atoms with Crippen molar-refractivity contribution in [1.82, 2.24) is 10.2 Å². The molecule has 0 saturated carbocycles. The number of halogens is 3. The van der Waals surface area contributed by atoms with E-state index in [4.69, 9.17) is 32.7 Å². The number of rotatable bonds is 4. The molecule has 0 saturated heterocycles. The molecule has 1 aliphatic rings. The second kappa shape index (κ2) is 9.30. The van der Waals surface area contributed by atoms with Gasteiger partial charge in [-0.3, -0.25) is 20.0 Å². The number of imide groups is 1. The first-order valence-corrected chi connectivity index (χ1v) is 12.0. The fourth-order valence-corrected chi connectivity index (χ4v) is 4.34. The minimum atomic E-state index is -0.839. The molecule has 4 aromatic rings. The molecular weight excluding hydrogens is 538 g/mol. The van der Waals surface area contributed by atoms with Crippen LogP contribution in [0.25, 0.3) is 10.9 Å². The number of hydrogen-bond acceptors (Lipinski definition) is 6. The van der Waals surface area contributed by atoms with Crippen molar-refractivity contribution < 1.29 is 28.2 Å². The third kappa shape index (κ3) is 4.52. The number of carbonyl (C=O) groups is 3. The van der Waals surface area contributed by atoms with E-state index in [1.54, 1.807) is 32.9 Å². The molecule has 9 nitrogen and oxygen atoms in total. The fourth-order valence-electron chi connectivity index (χ4n) is 3.94. The number of nitrogens with one attached hydrogen (secondary N) is 2. The van der Waals surface area contributed by atoms with Crippen LogP contribution in [0.2, 0.25) is 10.0 Å². The Morgan fingerprint density at radius 3 is 2.32 bits per heavy atom. The lowest BCUT2D eigenvalue weighted by Gasteiger charge is -2.21. The minimum absolute atomic E-state index is 0.00339. The van der Waals surface area contributed by atoms with Gasteiger partial charge in [-0.1, -0.05) is 35.3 Å². The molecule has 3 aromatic carbocycles. The number of nitrogens with zero attached hydrogens (tertiary/aromatic N) is 2. The molecule has 0 radical (unpaired) electrons. The number of amides is 3. The van der Waals surface area contributed by atoms with Crippen LogP contribution >= 0.6 is 23.2 Å². The van der Waals surface area contributed by atoms with Gasteiger partial charge in [0.15, 0.2) is 11.6 Å². The highest BCUT2D eigenvalue weighted by molar-refractivity contribution is 6.39. The van der Waals surface area contributed by atoms with Crippen molar-refractivity contribution in [2.75, 3.05) is 10.2 Å². The third-order valence-electron chi connectivity index (χ3n) is 5.48. The third-order valence-corrected chi connectivity index (χ3v) is 6.09. The first kappa shape index (κ1) is 25.5. The molecule has 1 aliphatic heterocycles. The van der Waals surface area contributed by atoms with E-state index < -0.39 is 29.3 Å². The predicted octanol–water partition coefficient (Wildman–Crippen LogP) is 6.95. The average molecular weight is 557 g/mol. The summed E-state index contributed by atoms with van der Waals surface area (Å²) in [5, 5.41) is 9.67. The van der Waals surface area contributed by atoms with E-state index in [2.05, 4.69) is 15.5 Å². The highest BCUT2D eigenvalue weighted by Crippen LogP contribution is 2.46. The summed E-state index contributed by atoms with van der Waals surface area (Å²) in [6.07, 6.45) is -0.839. The van der Waals surface area contributed by atoms with Crippen LogP contribution in [0, 0.1) is 5.82 Å². The van der Waals surface area contributed by atoms with Crippen molar-refractivity contribution in [3.8, 4) is 11.5 Å². The lowest BCUT2D eigenvalue weighted by molar-refractivity contribution is 0.0635. The second-order valence-corrected chi connectivity index (χ2v) is 10.1. The molecular formula is C26H19Cl2FN4O5. The summed E-state index contributed by atoms with van der Waals surface area (Å²) < 4.78 is 25.4. The maximum absolute atomic E-state index is 14.1. The van der Waals surface area contributed by atoms with Crippen LogP contribution in [0.3, 0.4) is 0 Å². The van der Waals surface area contributed by atoms with Crippen molar-refractivity contribution >= 4 is 63.5 Å². The number of H-pyrrole nitrogens is 1. The van der Waals surface area contributed by atoms with Crippen LogP contribution in [0.15, 0.2) is 48.5 Å². The van der Waals surface area contributed by atoms with Gasteiger partial charge in [-0.25, -0.2) is 14.1 Å². The van der Waals surface area contributed by atoms with Gasteiger partial charge in [0, 0.05) is 6.07 Å². The normalized spacial score (nSPS) is 13.2. The summed E-state index contributed by atoms with van der Waals surface area (Å²) in [5.41, 5.74) is -0.255. The van der Waals surface area contributed by atoms with Crippen LogP contribution in [0.1, 0.15) is 41.5 Å². The smallest absolute Gasteiger partial charge is 0.412 e. The minimum Gasteiger partial charge on any atom is -0.453 e. The summed E-state index contributed by atoms with van der Waals surface area (Å²) in [7, 11) is 0. The van der Waals surface area contributed by atoms with Crippen molar-refractivity contribution in [3.63, 3.8) is 0 Å². The molecule has 0 atom stereocenters. The molecule has 0 unspecified atom stereocenters. The van der Waals surface area contributed by atoms with Gasteiger partial charge in [0.2, 0.25) is 0 Å². The first-order chi connectivity index (χ1) is 17.9. The SMILES string of the molecule is CC(C)(C)OC(=O)Nc1cc(Cl)c2[nH]nc(N3C(=O)c4ccccc4C3=O)c2c1Oc1cc(F)ccc1Cl. The Hall–Kier alpha value is -4.15. The molecule has 12 heteroatoms. The van der Waals surface area contributed by atoms with Crippen molar-refractivity contribution in [1.29, 1.82) is 0 Å². The molecule has 0 fully saturated rings. The van der Waals surface area contributed by atoms with E-state index in [0.29, 0.717) is 0 Å². The Kier molecular flexibility index (Phi) is 6.24. The fraction of sp³-hybridized carbons (Fsp3) is 0.154. The summed E-state index contributed by atoms with van der Waals surface area (Å²) in [6.45, 7) is 5.05. The molecule has 1 aromatic heterocycles. The Morgan fingerprint density at radius 2 is 1.68 bits per heavy atom. The monoisotopic (exact) mass is 556 g/mol. The highest BCUT2D eigenvalue weighted by atomic mass is 35.5. The maximum atomic E-state index is 14.1. The molecule has 2 heterocycles. The van der Waals surface area contributed by atoms with Crippen LogP contribution < -0.4 is 15.0 Å². The summed E-state index contributed by atoms with van der Waals surface area (Å²) in [4.78, 5) is 40.0. The van der Waals surface area contributed by atoms with Gasteiger partial charge in [-0.2, -0.15) is 5.10 Å². The summed E-state index contributed by atoms with van der Waals surface area (Å²) in [6, 6.07) is 11.2. The van der Waals surface area contributed by atoms with Crippen LogP contribution in [-0.4, -0.2) is 33.7 Å². The summed E-state index contributed by atoms with van der Waals surface area (Å²) >= 11 is 12.7. The number of anilines is 2. The topological polar surface area (TPSA) is 114 Å². The molecule has 0 aliphatic carbocycles. The van der Waals surface area contributed by atoms with Crippen molar-refractivity contribution in [3.05, 3.63) is 75.5 Å². The Labute approximate surface area is 225 Å². The van der Waals surface area contributed by atoms with Gasteiger partial charge in [-0.05, 0) is 51.1 Å². The maximum Gasteiger partial charge on any atom is 0.412 e. The molecule has 2 N–H and O–H groups in total. The zero-order chi connectivity index (χ0) is 27.4. The number of aromatic amines is 1. The average Bonchev–Trinajstić information content (AvgIpc) is 3.37. The largest absolute Gasteiger partial charge is 0.453 e. The molecule has 38 heavy (non-hydrogen) atoms. The first-order valence-electron chi connectivity index (χ1n) is 11.3. The van der Waals surface area contributed by atoms with Gasteiger partial charge >= 0.3 is 6.09 Å². The second-order valence-electron chi connectivity index (χ2n) is 9.33. The van der Waals surface area contributed by atoms with Crippen LogP contribution in [0.4, 0.5) is 20.7 Å². The zero-order valence-electron chi connectivity index (χ0n) is 20.2. The number of benzene rings is 3. The van der Waals surface area contributed by atoms with E-state index in [0.717, 1.165) is 17.0 Å². The summed E-state index contributed by atoms with van der Waals surface area (Å²) in [5.74, 6) is -2.21. The van der Waals surface area contributed by atoms with E-state index >= 15 is 0 Å². The van der Waals surface area contributed by atoms with Crippen LogP contribution in [0.5, 0.6) is 11.5 Å². The Bertz CT molecular complexity index is 1610. The van der Waals surface area contributed by atoms with Crippen molar-refractivity contribution in [2.45, 2.75) is 26.4 Å². The van der Waals surface area contributed by atoms with Crippen molar-refractivity contribution in [2.24, 2.45) is 0 Å². The Balaban J connectivity index is 1.72. The molecule has 3 amide bonds. The molecule has 0 bridgehead atoms. The van der Waals surface area contributed by atoms with Gasteiger partial charge in [0.25, 0.3) is 11.8 Å². The Morgan fingerprint density at radius 1 is 1.03 bits per heavy atom. The quantitative estimate of drug-likeness (QED) is 0.263. The lowest BCUT2D eigenvalue weighted by Crippen LogP contribution is -2.30. The predicted molar refractivity (Wildman–Crippen MR) is 140 cm³/mol. The van der Waals surface area contributed by atoms with E-state index in [1.807, 2.05) is 0 Å². The number of ether oxygens (including phenoxy) is 2. The van der Waals surface area contributed by atoms with Gasteiger partial charge in [0.05, 0.1) is 37.8 Å². The van der Waals surface area contributed by atoms with E-state index in [9.17, 15) is 18.8 Å². The standard InChI is InChI=1S/C26H19Cl2FN4O5/c1-26(2,3)38-25(36)30-17-11-16(28)20-19(21(17)37-18-10-12(29)8-9-15(18)27)22(32-31-20)33-23(34)13-6-4-5-7-14(13)24(33)35/h4-11H,1-3H3,(H,30,36)(H,31,32). The molecule has 0 spiro atoms. The number of hydrogen-bond donors (Lipinski definition) is 2. The molecule has 194 valence electrons. The van der Waals surface area contributed by atoms with E-state index in [1.165, 1.54) is 24.3 Å². The highest BCUT2D eigenvalue weighted by Gasteiger charge is 2.40. The van der Waals surface area contributed by atoms with Gasteiger partial charge < -0.3 is 9.47 Å². The van der Waals surface area contributed by atoms with Gasteiger partial charge in [-0.15, -0.1) is 0 Å². The number of fused-ring (bicyclic) bond motifs is 2. The lowest BCUT2D eigenvalue weighted by atomic mass is 10.1. The molecule has 5 rings (SSSR count). The number of carbonyl (C=O) groups excluding carboxylic acids is 3. The van der Waals surface area contributed by atoms with Crippen LogP contribution in [-0.2, 0) is 4.74 Å². The number of aromatic nitrogens is 2. The van der Waals surface area contributed by atoms with E-state index in [-0.39, 0.29) is 55.1 Å².